The molecular formula is C33H19N6OPt-3. The van der Waals surface area contributed by atoms with Crippen LogP contribution in [0.4, 0.5) is 22.7 Å². The van der Waals surface area contributed by atoms with Gasteiger partial charge in [-0.25, -0.2) is 4.98 Å². The van der Waals surface area contributed by atoms with E-state index in [2.05, 4.69) is 28.0 Å². The molecule has 0 spiro atoms. The summed E-state index contributed by atoms with van der Waals surface area (Å²) in [4.78, 5) is 12.3. The number of anilines is 3. The zero-order valence-corrected chi connectivity index (χ0v) is 23.9. The Balaban J connectivity index is 0.00000302. The molecule has 6 aromatic rings. The first-order chi connectivity index (χ1) is 19.6. The van der Waals surface area contributed by atoms with Gasteiger partial charge in [-0.3, -0.25) is 4.85 Å². The summed E-state index contributed by atoms with van der Waals surface area (Å²) >= 11 is 0. The van der Waals surface area contributed by atoms with Crippen LogP contribution in [-0.2, 0) is 21.1 Å². The van der Waals surface area contributed by atoms with Crippen LogP contribution in [0.5, 0.6) is 11.5 Å². The number of nitriles is 1. The number of benzene rings is 4. The molecule has 0 bridgehead atoms. The van der Waals surface area contributed by atoms with E-state index in [1.807, 2.05) is 94.8 Å². The maximum absolute atomic E-state index is 9.48. The molecule has 0 N–H and O–H groups in total. The smallest absolute Gasteiger partial charge is 0.135 e. The maximum Gasteiger partial charge on any atom is 0.135 e. The Kier molecular flexibility index (Phi) is 6.67. The molecule has 0 saturated carbocycles. The van der Waals surface area contributed by atoms with Crippen molar-refractivity contribution in [1.29, 1.82) is 5.26 Å². The van der Waals surface area contributed by atoms with Gasteiger partial charge in [0.25, 0.3) is 0 Å². The van der Waals surface area contributed by atoms with Gasteiger partial charge in [0.1, 0.15) is 5.82 Å². The van der Waals surface area contributed by atoms with Gasteiger partial charge in [0.05, 0.1) is 23.9 Å². The predicted molar refractivity (Wildman–Crippen MR) is 155 cm³/mol. The number of fused-ring (bicyclic) bond motifs is 4. The first-order valence-corrected chi connectivity index (χ1v) is 12.5. The number of rotatable bonds is 4. The van der Waals surface area contributed by atoms with Gasteiger partial charge in [0.2, 0.25) is 0 Å². The number of hydrogen-bond donors (Lipinski definition) is 0. The van der Waals surface area contributed by atoms with Gasteiger partial charge in [-0.2, -0.15) is 18.0 Å². The SMILES string of the molecule is [C-]#[N+]c1cc(Oc2[c-]c3c(cc2)c2cc(C#N)ccc2n3-c2ccccn2)[c-]c(N2[CH-]N(C)c3ccccc32)c1.[Pt]. The number of para-hydroxylation sites is 2. The first-order valence-electron chi connectivity index (χ1n) is 12.5. The largest absolute Gasteiger partial charge is 0.510 e. The van der Waals surface area contributed by atoms with Gasteiger partial charge in [0, 0.05) is 55.7 Å². The van der Waals surface area contributed by atoms with E-state index >= 15 is 0 Å². The van der Waals surface area contributed by atoms with Crippen LogP contribution < -0.4 is 14.5 Å². The summed E-state index contributed by atoms with van der Waals surface area (Å²) in [5.74, 6) is 1.61. The predicted octanol–water partition coefficient (Wildman–Crippen LogP) is 7.70. The minimum absolute atomic E-state index is 0. The molecule has 0 atom stereocenters. The van der Waals surface area contributed by atoms with E-state index in [4.69, 9.17) is 11.3 Å². The van der Waals surface area contributed by atoms with Crippen molar-refractivity contribution in [3.05, 3.63) is 127 Å². The van der Waals surface area contributed by atoms with Crippen molar-refractivity contribution in [3.63, 3.8) is 0 Å². The van der Waals surface area contributed by atoms with E-state index in [1.165, 1.54) is 0 Å². The second-order valence-corrected chi connectivity index (χ2v) is 9.34. The Morgan fingerprint density at radius 3 is 2.54 bits per heavy atom. The summed E-state index contributed by atoms with van der Waals surface area (Å²) in [5, 5.41) is 11.3. The molecule has 0 radical (unpaired) electrons. The van der Waals surface area contributed by atoms with Gasteiger partial charge in [-0.15, -0.1) is 41.4 Å². The fourth-order valence-corrected chi connectivity index (χ4v) is 5.12. The molecule has 1 aliphatic heterocycles. The van der Waals surface area contributed by atoms with Crippen molar-refractivity contribution in [2.75, 3.05) is 16.8 Å². The summed E-state index contributed by atoms with van der Waals surface area (Å²) in [6, 6.07) is 35.6. The minimum Gasteiger partial charge on any atom is -0.510 e. The van der Waals surface area contributed by atoms with Gasteiger partial charge in [0.15, 0.2) is 0 Å². The summed E-state index contributed by atoms with van der Waals surface area (Å²) in [7, 11) is 1.99. The number of hydrogen-bond acceptors (Lipinski definition) is 5. The number of aromatic nitrogens is 2. The topological polar surface area (TPSA) is 61.7 Å². The molecule has 0 saturated heterocycles. The molecule has 7 rings (SSSR count). The van der Waals surface area contributed by atoms with Gasteiger partial charge < -0.3 is 19.1 Å². The third-order valence-corrected chi connectivity index (χ3v) is 6.89. The van der Waals surface area contributed by atoms with Gasteiger partial charge >= 0.3 is 0 Å². The van der Waals surface area contributed by atoms with Gasteiger partial charge in [-0.1, -0.05) is 23.7 Å². The van der Waals surface area contributed by atoms with Crippen molar-refractivity contribution in [3.8, 4) is 23.4 Å². The van der Waals surface area contributed by atoms with E-state index in [-0.39, 0.29) is 21.1 Å². The molecule has 0 amide bonds. The standard InChI is InChI=1S/C33H19N6O.Pt/c1-35-23-16-24(38-21-37(2)30-7-3-4-8-31(30)38)18-26(17-23)40-25-11-12-27-28-15-22(20-34)10-13-29(28)39(32(27)19-25)33-9-5-6-14-36-33;/h3-17,21H,2H3;/q-3;. The molecule has 0 aliphatic carbocycles. The quantitative estimate of drug-likeness (QED) is 0.176. The normalized spacial score (nSPS) is 12.1. The van der Waals surface area contributed by atoms with Crippen LogP contribution in [0, 0.1) is 36.7 Å². The van der Waals surface area contributed by atoms with Crippen molar-refractivity contribution in [2.24, 2.45) is 0 Å². The van der Waals surface area contributed by atoms with Crippen LogP contribution in [0.25, 0.3) is 32.5 Å². The fourth-order valence-electron chi connectivity index (χ4n) is 5.12. The van der Waals surface area contributed by atoms with E-state index in [0.717, 1.165) is 39.0 Å². The van der Waals surface area contributed by atoms with E-state index in [1.54, 1.807) is 24.4 Å². The number of ether oxygens (including phenoxy) is 1. The maximum atomic E-state index is 9.48. The zero-order chi connectivity index (χ0) is 27.2. The average Bonchev–Trinajstić information content (AvgIpc) is 3.51. The number of nitrogens with zero attached hydrogens (tertiary/aromatic N) is 6. The molecule has 4 aromatic carbocycles. The molecule has 8 heteroatoms. The molecule has 1 aliphatic rings. The van der Waals surface area contributed by atoms with Crippen molar-refractivity contribution in [1.82, 2.24) is 9.55 Å². The summed E-state index contributed by atoms with van der Waals surface area (Å²) in [6.07, 6.45) is 1.74. The second-order valence-electron chi connectivity index (χ2n) is 9.34. The van der Waals surface area contributed by atoms with Crippen LogP contribution in [0.15, 0.2) is 91.1 Å². The molecule has 200 valence electrons. The van der Waals surface area contributed by atoms with Crippen LogP contribution in [-0.4, -0.2) is 16.6 Å². The van der Waals surface area contributed by atoms with E-state index in [9.17, 15) is 5.26 Å². The Morgan fingerprint density at radius 1 is 0.927 bits per heavy atom. The van der Waals surface area contributed by atoms with Crippen LogP contribution in [0.2, 0.25) is 0 Å². The molecule has 41 heavy (non-hydrogen) atoms. The fraction of sp³-hybridized carbons (Fsp3) is 0.0303. The van der Waals surface area contributed by atoms with Gasteiger partial charge in [-0.05, 0) is 54.9 Å². The van der Waals surface area contributed by atoms with Crippen molar-refractivity contribution < 1.29 is 25.8 Å². The molecular weight excluding hydrogens is 691 g/mol. The average molecular weight is 711 g/mol. The molecule has 2 aromatic heterocycles. The van der Waals surface area contributed by atoms with Crippen LogP contribution in [0.3, 0.4) is 0 Å². The zero-order valence-electron chi connectivity index (χ0n) is 21.6. The molecule has 0 fully saturated rings. The number of pyridine rings is 1. The van der Waals surface area contributed by atoms with Crippen molar-refractivity contribution >= 4 is 44.6 Å². The summed E-state index contributed by atoms with van der Waals surface area (Å²) in [5.41, 5.74) is 5.47. The van der Waals surface area contributed by atoms with Crippen molar-refractivity contribution in [2.45, 2.75) is 0 Å². The molecule has 3 heterocycles. The Labute approximate surface area is 251 Å². The Bertz CT molecular complexity index is 2020. The monoisotopic (exact) mass is 710 g/mol. The van der Waals surface area contributed by atoms with Crippen LogP contribution in [0.1, 0.15) is 5.56 Å². The minimum atomic E-state index is 0. The molecule has 7 nitrogen and oxygen atoms in total. The Hall–Kier alpha value is -5.10. The van der Waals surface area contributed by atoms with E-state index < -0.39 is 0 Å². The summed E-state index contributed by atoms with van der Waals surface area (Å²) < 4.78 is 8.29. The summed E-state index contributed by atoms with van der Waals surface area (Å²) in [6.45, 7) is 9.64. The van der Waals surface area contributed by atoms with E-state index in [0.29, 0.717) is 28.4 Å². The third-order valence-electron chi connectivity index (χ3n) is 6.89. The first kappa shape index (κ1) is 26.1. The third kappa shape index (κ3) is 4.47. The Morgan fingerprint density at radius 2 is 1.76 bits per heavy atom. The molecule has 0 unspecified atom stereocenters. The second kappa shape index (κ2) is 10.5. The van der Waals surface area contributed by atoms with Crippen LogP contribution >= 0.6 is 0 Å².